The van der Waals surface area contributed by atoms with E-state index in [-0.39, 0.29) is 142 Å². The number of Topliss-reactive ketones (excluding diaryl/α,β-unsaturated/α-hetero) is 6. The van der Waals surface area contributed by atoms with Crippen LogP contribution in [0.25, 0.3) is 0 Å². The fraction of sp³-hybridized carbons (Fsp3) is 0.726. The number of aliphatic hydroxyl groups excluding tert-OH is 2. The van der Waals surface area contributed by atoms with Crippen LogP contribution in [-0.4, -0.2) is 218 Å². The Labute approximate surface area is 786 Å². The van der Waals surface area contributed by atoms with Crippen molar-refractivity contribution in [3.63, 3.8) is 0 Å². The van der Waals surface area contributed by atoms with Crippen molar-refractivity contribution in [2.24, 2.45) is 103 Å². The molecule has 0 aliphatic heterocycles. The molecule has 0 aliphatic carbocycles. The number of primary amides is 1. The number of rotatable bonds is 77. The summed E-state index contributed by atoms with van der Waals surface area (Å²) in [6, 6.07) is -1.48. The number of hydrogen-bond donors (Lipinski definition) is 20. The van der Waals surface area contributed by atoms with Crippen molar-refractivity contribution >= 4 is 99.8 Å². The SMILES string of the molecule is CC(=O)C[C@@H](CO)C(=O)N[C@@H](C)C(=O)C[C@H](C(=O)N[C@@H](CC(=O)O)C(=O)C[C@@H](CCCCN)C(=O)N[C@@H](Cc1ccc(O)cc1)C(=O)C[C@@H](CCCN=C(N)N)C(=O)N[C@@H](CC(C)C)C(=O)C[C@@H](Cc1cnc[nH]1)C(N)=O)[C@@H](C)O.CCCCCCCCCCCCCCCC(=O)N[C@@H](CCCCN)C(=O)N[C@@H](CCCCN)C(=O)C[C@@H](CC(C)C)C(=O)N[C@H](C)CCCN=C(N)N. The average Bonchev–Trinajstić information content (AvgIpc) is 1.27. The number of guanidine groups is 2. The number of aliphatic imine (C=N–C) groups is 2. The van der Waals surface area contributed by atoms with Crippen molar-refractivity contribution in [3.05, 3.63) is 48.0 Å². The quantitative estimate of drug-likeness (QED) is 0.0230. The zero-order valence-electron chi connectivity index (χ0n) is 80.7. The second kappa shape index (κ2) is 70.5. The lowest BCUT2D eigenvalue weighted by atomic mass is 9.88. The number of phenols is 1. The van der Waals surface area contributed by atoms with E-state index in [0.29, 0.717) is 95.1 Å². The Kier molecular flexibility index (Phi) is 64.0. The molecule has 1 heterocycles. The Morgan fingerprint density at radius 3 is 1.37 bits per heavy atom. The molecule has 2 rings (SSSR count). The fourth-order valence-corrected chi connectivity index (χ4v) is 15.5. The molecule has 1 aromatic heterocycles. The standard InChI is InChI=1S/C54H83N11O15.C41H82N8O4/c1-29(2)17-41(47(73)23-36(49(56)76)20-38-26-59-28-61-38)63-51(78)35(10-8-16-60-54(57)58)22-45(71)42(19-33-11-13-39(69)14-12-33)64-50(77)34(9-6-7-15-55)21-46(72)43(25-48(74)75)65-53(80)40(32(5)68)24-44(70)31(4)62-52(79)37(27-66)18-30(3)67;1-5-6-7-8-9-10-11-12-13-14-15-16-17-26-38(51)48-36(25-19-21-28-43)40(53)49-35(24-18-20-27-42)37(50)31-34(30-32(2)3)39(52)47-33(4)23-22-29-46-41(44)45/h11-14,26,28-29,31-32,34-37,40-43,66,68-69H,6-10,15-25,27,55H2,1-5H3,(H2,56,76)(H,59,61)(H,62,79)(H,63,78)(H,64,77)(H,65,80)(H,74,75)(H4,57,58,60);32-36H,5-31,42-43H2,1-4H3,(H,47,52)(H,48,51)(H,49,53)(H4,44,45,46)/t31-,32+,34+,35+,36+,37-,40-,41-,42-,43-;33-,34-,35+,36+/m01/s1. The lowest BCUT2D eigenvalue weighted by Crippen LogP contribution is -2.52. The van der Waals surface area contributed by atoms with Gasteiger partial charge in [-0.3, -0.25) is 77.1 Å². The van der Waals surface area contributed by atoms with Gasteiger partial charge in [0.1, 0.15) is 17.6 Å². The highest BCUT2D eigenvalue weighted by Crippen LogP contribution is 2.26. The molecule has 0 saturated carbocycles. The number of nitrogens with two attached hydrogens (primary N) is 8. The van der Waals surface area contributed by atoms with Crippen LogP contribution in [0.2, 0.25) is 0 Å². The molecule has 0 radical (unpaired) electrons. The van der Waals surface area contributed by atoms with E-state index < -0.39 is 169 Å². The maximum Gasteiger partial charge on any atom is 0.305 e. The Morgan fingerprint density at radius 1 is 0.429 bits per heavy atom. The summed E-state index contributed by atoms with van der Waals surface area (Å²) in [6.45, 7) is 16.6. The van der Waals surface area contributed by atoms with Gasteiger partial charge in [0.05, 0.1) is 73.4 Å². The maximum absolute atomic E-state index is 14.7. The summed E-state index contributed by atoms with van der Waals surface area (Å²) in [6.07, 6.45) is 20.8. The first-order valence-electron chi connectivity index (χ1n) is 48.1. The van der Waals surface area contributed by atoms with Crippen LogP contribution < -0.4 is 83.1 Å². The number of unbranched alkanes of at least 4 members (excludes halogenated alkanes) is 15. The summed E-state index contributed by atoms with van der Waals surface area (Å²) < 4.78 is 0. The molecule has 28 N–H and O–H groups in total. The topological polar surface area (TPSA) is 683 Å². The first kappa shape index (κ1) is 121. The van der Waals surface area contributed by atoms with Crippen molar-refractivity contribution in [1.29, 1.82) is 0 Å². The third-order valence-corrected chi connectivity index (χ3v) is 23.2. The second-order valence-corrected chi connectivity index (χ2v) is 36.4. The molecule has 133 heavy (non-hydrogen) atoms. The van der Waals surface area contributed by atoms with E-state index >= 15 is 0 Å². The van der Waals surface area contributed by atoms with E-state index in [1.165, 1.54) is 122 Å². The van der Waals surface area contributed by atoms with Gasteiger partial charge < -0.3 is 113 Å². The minimum atomic E-state index is -1.80. The predicted molar refractivity (Wildman–Crippen MR) is 511 cm³/mol. The number of aromatic amines is 1. The van der Waals surface area contributed by atoms with Crippen LogP contribution in [0.5, 0.6) is 5.75 Å². The molecule has 2 aromatic rings. The summed E-state index contributed by atoms with van der Waals surface area (Å²) in [5.74, 6) is -16.6. The summed E-state index contributed by atoms with van der Waals surface area (Å²) in [7, 11) is 0. The van der Waals surface area contributed by atoms with Crippen molar-refractivity contribution in [1.82, 2.24) is 47.2 Å². The lowest BCUT2D eigenvalue weighted by molar-refractivity contribution is -0.142. The Morgan fingerprint density at radius 2 is 0.880 bits per heavy atom. The van der Waals surface area contributed by atoms with Gasteiger partial charge in [-0.25, -0.2) is 4.98 Å². The van der Waals surface area contributed by atoms with Crippen molar-refractivity contribution < 1.29 is 92.3 Å². The molecule has 754 valence electrons. The summed E-state index contributed by atoms with van der Waals surface area (Å²) in [5.41, 5.74) is 45.9. The molecule has 38 heteroatoms. The van der Waals surface area contributed by atoms with Gasteiger partial charge >= 0.3 is 5.97 Å². The van der Waals surface area contributed by atoms with Gasteiger partial charge in [0.15, 0.2) is 40.8 Å². The van der Waals surface area contributed by atoms with E-state index in [1.807, 2.05) is 34.6 Å². The van der Waals surface area contributed by atoms with Gasteiger partial charge in [-0.1, -0.05) is 130 Å². The van der Waals surface area contributed by atoms with Gasteiger partial charge in [-0.2, -0.15) is 0 Å². The number of imidazole rings is 1. The molecule has 14 atom stereocenters. The van der Waals surface area contributed by atoms with Crippen molar-refractivity contribution in [2.75, 3.05) is 39.3 Å². The number of amides is 8. The zero-order valence-corrected chi connectivity index (χ0v) is 80.7. The highest BCUT2D eigenvalue weighted by molar-refractivity contribution is 6.00. The number of benzene rings is 1. The van der Waals surface area contributed by atoms with Crippen LogP contribution in [0.3, 0.4) is 0 Å². The molecular weight excluding hydrogens is 1710 g/mol. The van der Waals surface area contributed by atoms with E-state index in [9.17, 15) is 92.3 Å². The molecule has 0 fully saturated rings. The number of carboxylic acid groups (broad SMARTS) is 1. The van der Waals surface area contributed by atoms with Gasteiger partial charge in [-0.05, 0) is 180 Å². The molecule has 1 aromatic carbocycles. The summed E-state index contributed by atoms with van der Waals surface area (Å²) in [5, 5.41) is 59.3. The Balaban J connectivity index is 0.00000145. The molecule has 0 aliphatic rings. The number of aliphatic carboxylic acids is 1. The summed E-state index contributed by atoms with van der Waals surface area (Å²) >= 11 is 0. The van der Waals surface area contributed by atoms with E-state index in [2.05, 4.69) is 64.1 Å². The maximum atomic E-state index is 14.7. The highest BCUT2D eigenvalue weighted by atomic mass is 16.4. The number of nitrogens with zero attached hydrogens (tertiary/aromatic N) is 3. The fourth-order valence-electron chi connectivity index (χ4n) is 15.5. The number of carbonyl (C=O) groups is 15. The Hall–Kier alpha value is -10.2. The van der Waals surface area contributed by atoms with Crippen LogP contribution in [0.4, 0.5) is 0 Å². The number of aromatic hydroxyl groups is 1. The largest absolute Gasteiger partial charge is 0.508 e. The Bertz CT molecular complexity index is 3860. The van der Waals surface area contributed by atoms with Crippen LogP contribution in [0, 0.1) is 47.3 Å². The molecule has 38 nitrogen and oxygen atoms in total. The molecule has 0 saturated heterocycles. The van der Waals surface area contributed by atoms with E-state index in [4.69, 9.17) is 45.9 Å². The normalized spacial score (nSPS) is 14.4. The van der Waals surface area contributed by atoms with Crippen LogP contribution in [0.15, 0.2) is 46.8 Å². The first-order valence-corrected chi connectivity index (χ1v) is 48.1. The molecule has 8 amide bonds. The summed E-state index contributed by atoms with van der Waals surface area (Å²) in [4.78, 5) is 216. The monoisotopic (exact) mass is 1880 g/mol. The third kappa shape index (κ3) is 55.9. The van der Waals surface area contributed by atoms with Gasteiger partial charge in [0, 0.05) is 100 Å². The van der Waals surface area contributed by atoms with Gasteiger partial charge in [0.2, 0.25) is 47.3 Å². The molecular formula is C95H165N19O19. The highest BCUT2D eigenvalue weighted by Gasteiger charge is 2.39. The number of H-pyrrole nitrogens is 1. The smallest absolute Gasteiger partial charge is 0.305 e. The van der Waals surface area contributed by atoms with Crippen LogP contribution in [0.1, 0.15) is 305 Å². The number of nitrogens with one attached hydrogen (secondary N) is 8. The minimum absolute atomic E-state index is 0.0137. The number of ketones is 6. The molecule has 0 spiro atoms. The molecule has 0 bridgehead atoms. The third-order valence-electron chi connectivity index (χ3n) is 23.2. The van der Waals surface area contributed by atoms with Crippen LogP contribution in [-0.2, 0) is 84.8 Å². The number of phenolic OH excluding ortho intramolecular Hbond substituents is 1. The van der Waals surface area contributed by atoms with E-state index in [0.717, 1.165) is 25.7 Å². The van der Waals surface area contributed by atoms with Crippen LogP contribution >= 0.6 is 0 Å². The number of aromatic nitrogens is 2. The second-order valence-electron chi connectivity index (χ2n) is 36.4. The van der Waals surface area contributed by atoms with Crippen molar-refractivity contribution in [2.45, 2.75) is 355 Å². The molecule has 0 unspecified atom stereocenters. The number of aliphatic hydroxyl groups is 2. The first-order chi connectivity index (χ1) is 63.1. The average molecular weight is 1880 g/mol. The predicted octanol–water partition coefficient (Wildman–Crippen LogP) is 5.19. The number of hydrogen-bond acceptors (Lipinski definition) is 24. The lowest BCUT2D eigenvalue weighted by Gasteiger charge is -2.27. The number of carbonyl (C=O) groups excluding carboxylic acids is 14. The van der Waals surface area contributed by atoms with E-state index in [1.54, 1.807) is 0 Å². The van der Waals surface area contributed by atoms with Gasteiger partial charge in [-0.15, -0.1) is 0 Å². The minimum Gasteiger partial charge on any atom is -0.508 e. The van der Waals surface area contributed by atoms with Crippen molar-refractivity contribution in [3.8, 4) is 5.75 Å². The zero-order chi connectivity index (χ0) is 99.9. The van der Waals surface area contributed by atoms with Gasteiger partial charge in [0.25, 0.3) is 0 Å². The number of carboxylic acids is 1.